The molecule has 3 heterocycles. The van der Waals surface area contributed by atoms with E-state index < -0.39 is 0 Å². The second-order valence-electron chi connectivity index (χ2n) is 8.90. The molecule has 0 unspecified atom stereocenters. The number of hydrogen-bond acceptors (Lipinski definition) is 5. The molecule has 5 rings (SSSR count). The summed E-state index contributed by atoms with van der Waals surface area (Å²) in [5, 5.41) is 4.51. The summed E-state index contributed by atoms with van der Waals surface area (Å²) >= 11 is 0. The number of hydrogen-bond donors (Lipinski definition) is 0. The van der Waals surface area contributed by atoms with E-state index in [1.54, 1.807) is 24.4 Å². The molecule has 3 aromatic rings. The Hall–Kier alpha value is -3.61. The molecule has 0 saturated carbocycles. The Morgan fingerprint density at radius 3 is 2.41 bits per heavy atom. The summed E-state index contributed by atoms with van der Waals surface area (Å²) in [5.41, 5.74) is 4.31. The first-order chi connectivity index (χ1) is 16.5. The standard InChI is InChI=1S/C27H29N3O4/c1-3-23-22(17-28-30(23)21-7-4-18(2)5-8-21)27(32)29-12-10-19(11-13-29)26(31)20-6-9-24-25(16-20)34-15-14-33-24/h4-9,16-17,19H,3,10-15H2,1-2H3. The molecule has 0 radical (unpaired) electrons. The van der Waals surface area contributed by atoms with Crippen LogP contribution in [-0.4, -0.2) is 52.7 Å². The van der Waals surface area contributed by atoms with Crippen LogP contribution in [0.1, 0.15) is 51.7 Å². The van der Waals surface area contributed by atoms with E-state index in [1.165, 1.54) is 5.56 Å². The Balaban J connectivity index is 1.26. The second-order valence-corrected chi connectivity index (χ2v) is 8.90. The van der Waals surface area contributed by atoms with Crippen molar-refractivity contribution in [3.63, 3.8) is 0 Å². The van der Waals surface area contributed by atoms with Gasteiger partial charge in [0.15, 0.2) is 17.3 Å². The highest BCUT2D eigenvalue weighted by atomic mass is 16.6. The molecule has 1 amide bonds. The summed E-state index contributed by atoms with van der Waals surface area (Å²) < 4.78 is 13.0. The molecule has 34 heavy (non-hydrogen) atoms. The fourth-order valence-electron chi connectivity index (χ4n) is 4.75. The van der Waals surface area contributed by atoms with Gasteiger partial charge in [-0.1, -0.05) is 24.6 Å². The van der Waals surface area contributed by atoms with E-state index in [9.17, 15) is 9.59 Å². The number of ketones is 1. The Bertz CT molecular complexity index is 1210. The summed E-state index contributed by atoms with van der Waals surface area (Å²) in [6.45, 7) is 6.21. The molecule has 1 fully saturated rings. The van der Waals surface area contributed by atoms with E-state index >= 15 is 0 Å². The third kappa shape index (κ3) is 4.18. The van der Waals surface area contributed by atoms with Gasteiger partial charge in [0, 0.05) is 24.6 Å². The number of amides is 1. The number of fused-ring (bicyclic) bond motifs is 1. The number of aromatic nitrogens is 2. The highest BCUT2D eigenvalue weighted by Gasteiger charge is 2.30. The number of piperidine rings is 1. The maximum absolute atomic E-state index is 13.3. The third-order valence-corrected chi connectivity index (χ3v) is 6.69. The van der Waals surface area contributed by atoms with Gasteiger partial charge in [-0.2, -0.15) is 5.10 Å². The summed E-state index contributed by atoms with van der Waals surface area (Å²) in [6.07, 6.45) is 3.67. The number of carbonyl (C=O) groups excluding carboxylic acids is 2. The van der Waals surface area contributed by atoms with E-state index in [-0.39, 0.29) is 17.6 Å². The Kier molecular flexibility index (Phi) is 6.09. The lowest BCUT2D eigenvalue weighted by atomic mass is 9.88. The number of benzene rings is 2. The van der Waals surface area contributed by atoms with Gasteiger partial charge >= 0.3 is 0 Å². The highest BCUT2D eigenvalue weighted by molar-refractivity contribution is 5.99. The fourth-order valence-corrected chi connectivity index (χ4v) is 4.75. The van der Waals surface area contributed by atoms with Crippen molar-refractivity contribution in [1.29, 1.82) is 0 Å². The molecule has 1 saturated heterocycles. The minimum Gasteiger partial charge on any atom is -0.486 e. The van der Waals surface area contributed by atoms with Gasteiger partial charge in [-0.3, -0.25) is 9.59 Å². The average molecular weight is 460 g/mol. The maximum atomic E-state index is 13.3. The number of carbonyl (C=O) groups is 2. The molecular weight excluding hydrogens is 430 g/mol. The first-order valence-corrected chi connectivity index (χ1v) is 11.9. The lowest BCUT2D eigenvalue weighted by Crippen LogP contribution is -2.40. The van der Waals surface area contributed by atoms with Crippen LogP contribution < -0.4 is 9.47 Å². The quantitative estimate of drug-likeness (QED) is 0.534. The van der Waals surface area contributed by atoms with Crippen molar-refractivity contribution in [3.8, 4) is 17.2 Å². The van der Waals surface area contributed by atoms with Crippen molar-refractivity contribution >= 4 is 11.7 Å². The van der Waals surface area contributed by atoms with Crippen LogP contribution in [0.15, 0.2) is 48.7 Å². The number of aryl methyl sites for hydroxylation is 1. The number of rotatable bonds is 5. The molecule has 2 aromatic carbocycles. The summed E-state index contributed by atoms with van der Waals surface area (Å²) in [7, 11) is 0. The van der Waals surface area contributed by atoms with Crippen LogP contribution in [0.4, 0.5) is 0 Å². The van der Waals surface area contributed by atoms with Crippen molar-refractivity contribution in [2.75, 3.05) is 26.3 Å². The van der Waals surface area contributed by atoms with Crippen molar-refractivity contribution in [3.05, 3.63) is 71.0 Å². The van der Waals surface area contributed by atoms with Gasteiger partial charge in [-0.15, -0.1) is 0 Å². The number of likely N-dealkylation sites (tertiary alicyclic amines) is 1. The SMILES string of the molecule is CCc1c(C(=O)N2CCC(C(=O)c3ccc4c(c3)OCCO4)CC2)cnn1-c1ccc(C)cc1. The molecule has 0 atom stereocenters. The molecule has 2 aliphatic rings. The molecule has 7 heteroatoms. The van der Waals surface area contributed by atoms with E-state index in [0.29, 0.717) is 68.2 Å². The van der Waals surface area contributed by atoms with Gasteiger partial charge in [0.2, 0.25) is 0 Å². The van der Waals surface area contributed by atoms with E-state index in [2.05, 4.69) is 5.10 Å². The zero-order valence-corrected chi connectivity index (χ0v) is 19.6. The fraction of sp³-hybridized carbons (Fsp3) is 0.370. The minimum atomic E-state index is -0.104. The third-order valence-electron chi connectivity index (χ3n) is 6.69. The normalized spacial score (nSPS) is 15.9. The molecule has 0 aliphatic carbocycles. The maximum Gasteiger partial charge on any atom is 0.257 e. The van der Waals surface area contributed by atoms with E-state index in [4.69, 9.17) is 9.47 Å². The molecule has 176 valence electrons. The topological polar surface area (TPSA) is 73.7 Å². The van der Waals surface area contributed by atoms with Gasteiger partial charge in [0.1, 0.15) is 13.2 Å². The molecule has 7 nitrogen and oxygen atoms in total. The van der Waals surface area contributed by atoms with Crippen LogP contribution in [0.3, 0.4) is 0 Å². The first-order valence-electron chi connectivity index (χ1n) is 11.9. The summed E-state index contributed by atoms with van der Waals surface area (Å²) in [5.74, 6) is 1.29. The lowest BCUT2D eigenvalue weighted by molar-refractivity contribution is 0.0649. The predicted octanol–water partition coefficient (Wildman–Crippen LogP) is 4.25. The number of Topliss-reactive ketones (excluding diaryl/α,β-unsaturated/α-hetero) is 1. The largest absolute Gasteiger partial charge is 0.486 e. The van der Waals surface area contributed by atoms with E-state index in [1.807, 2.05) is 47.7 Å². The van der Waals surface area contributed by atoms with Crippen molar-refractivity contribution in [2.45, 2.75) is 33.1 Å². The Labute approximate surface area is 199 Å². The first kappa shape index (κ1) is 22.2. The highest BCUT2D eigenvalue weighted by Crippen LogP contribution is 2.33. The van der Waals surface area contributed by atoms with Crippen LogP contribution in [-0.2, 0) is 6.42 Å². The van der Waals surface area contributed by atoms with Crippen LogP contribution in [0.5, 0.6) is 11.5 Å². The Morgan fingerprint density at radius 2 is 1.71 bits per heavy atom. The molecule has 0 spiro atoms. The summed E-state index contributed by atoms with van der Waals surface area (Å²) in [6, 6.07) is 13.5. The molecule has 1 aromatic heterocycles. The van der Waals surface area contributed by atoms with Gasteiger partial charge in [-0.05, 0) is 56.5 Å². The van der Waals surface area contributed by atoms with E-state index in [0.717, 1.165) is 11.4 Å². The zero-order valence-electron chi connectivity index (χ0n) is 19.6. The lowest BCUT2D eigenvalue weighted by Gasteiger charge is -2.31. The second kappa shape index (κ2) is 9.33. The van der Waals surface area contributed by atoms with Crippen LogP contribution in [0.2, 0.25) is 0 Å². The van der Waals surface area contributed by atoms with Crippen molar-refractivity contribution in [2.24, 2.45) is 5.92 Å². The molecular formula is C27H29N3O4. The van der Waals surface area contributed by atoms with Crippen LogP contribution in [0, 0.1) is 12.8 Å². The molecule has 0 N–H and O–H groups in total. The monoisotopic (exact) mass is 459 g/mol. The van der Waals surface area contributed by atoms with Gasteiger partial charge in [0.25, 0.3) is 5.91 Å². The van der Waals surface area contributed by atoms with Crippen LogP contribution in [0.25, 0.3) is 5.69 Å². The predicted molar refractivity (Wildman–Crippen MR) is 128 cm³/mol. The zero-order chi connectivity index (χ0) is 23.7. The molecule has 2 aliphatic heterocycles. The molecule has 0 bridgehead atoms. The Morgan fingerprint density at radius 1 is 1.00 bits per heavy atom. The van der Waals surface area contributed by atoms with Gasteiger partial charge in [0.05, 0.1) is 23.1 Å². The van der Waals surface area contributed by atoms with Gasteiger partial charge < -0.3 is 14.4 Å². The van der Waals surface area contributed by atoms with Crippen molar-refractivity contribution < 1.29 is 19.1 Å². The minimum absolute atomic E-state index is 0.0135. The summed E-state index contributed by atoms with van der Waals surface area (Å²) in [4.78, 5) is 28.3. The number of ether oxygens (including phenoxy) is 2. The average Bonchev–Trinajstić information content (AvgIpc) is 3.32. The number of nitrogens with zero attached hydrogens (tertiary/aromatic N) is 3. The van der Waals surface area contributed by atoms with Crippen molar-refractivity contribution in [1.82, 2.24) is 14.7 Å². The smallest absolute Gasteiger partial charge is 0.257 e. The van der Waals surface area contributed by atoms with Gasteiger partial charge in [-0.25, -0.2) is 4.68 Å². The van der Waals surface area contributed by atoms with Crippen LogP contribution >= 0.6 is 0 Å².